The van der Waals surface area contributed by atoms with Crippen LogP contribution < -0.4 is 20.1 Å². The summed E-state index contributed by atoms with van der Waals surface area (Å²) in [6.07, 6.45) is 0. The second kappa shape index (κ2) is 9.01. The van der Waals surface area contributed by atoms with Gasteiger partial charge in [-0.25, -0.2) is 0 Å². The van der Waals surface area contributed by atoms with Gasteiger partial charge in [0.25, 0.3) is 5.91 Å². The van der Waals surface area contributed by atoms with Gasteiger partial charge in [0.15, 0.2) is 5.11 Å². The van der Waals surface area contributed by atoms with Crippen molar-refractivity contribution in [2.75, 3.05) is 19.5 Å². The molecule has 1 amide bonds. The van der Waals surface area contributed by atoms with Gasteiger partial charge in [-0.15, -0.1) is 0 Å². The van der Waals surface area contributed by atoms with Crippen molar-refractivity contribution in [3.63, 3.8) is 0 Å². The molecule has 0 atom stereocenters. The maximum atomic E-state index is 12.5. The highest BCUT2D eigenvalue weighted by Crippen LogP contribution is 2.28. The standard InChI is InChI=1S/C22H20N2O3S/c1-26-18-12-13-20(27-2)19(14-18)23-22(28)24-21(25)17-10-8-16(9-11-17)15-6-4-3-5-7-15/h3-14H,1-2H3,(H2,23,24,25,28). The Labute approximate surface area is 169 Å². The summed E-state index contributed by atoms with van der Waals surface area (Å²) in [4.78, 5) is 12.5. The largest absolute Gasteiger partial charge is 0.497 e. The maximum Gasteiger partial charge on any atom is 0.257 e. The molecule has 0 bridgehead atoms. The van der Waals surface area contributed by atoms with Gasteiger partial charge in [0.2, 0.25) is 0 Å². The molecule has 0 aliphatic carbocycles. The van der Waals surface area contributed by atoms with Gasteiger partial charge in [0, 0.05) is 11.6 Å². The fourth-order valence-corrected chi connectivity index (χ4v) is 2.89. The van der Waals surface area contributed by atoms with E-state index < -0.39 is 0 Å². The maximum absolute atomic E-state index is 12.5. The Kier molecular flexibility index (Phi) is 6.24. The molecule has 0 aliphatic rings. The summed E-state index contributed by atoms with van der Waals surface area (Å²) in [5, 5.41) is 5.82. The van der Waals surface area contributed by atoms with Crippen LogP contribution in [0.4, 0.5) is 5.69 Å². The van der Waals surface area contributed by atoms with Crippen molar-refractivity contribution in [1.29, 1.82) is 0 Å². The van der Waals surface area contributed by atoms with Crippen LogP contribution in [0.25, 0.3) is 11.1 Å². The van der Waals surface area contributed by atoms with Gasteiger partial charge in [0.1, 0.15) is 11.5 Å². The van der Waals surface area contributed by atoms with E-state index in [1.807, 2.05) is 42.5 Å². The monoisotopic (exact) mass is 392 g/mol. The van der Waals surface area contributed by atoms with E-state index in [0.717, 1.165) is 11.1 Å². The Morgan fingerprint density at radius 2 is 1.54 bits per heavy atom. The van der Waals surface area contributed by atoms with Crippen molar-refractivity contribution < 1.29 is 14.3 Å². The first-order chi connectivity index (χ1) is 13.6. The Bertz CT molecular complexity index is 973. The molecular weight excluding hydrogens is 372 g/mol. The van der Waals surface area contributed by atoms with Crippen molar-refractivity contribution >= 4 is 28.9 Å². The summed E-state index contributed by atoms with van der Waals surface area (Å²) in [5.74, 6) is 0.942. The molecule has 0 aliphatic heterocycles. The van der Waals surface area contributed by atoms with Crippen LogP contribution in [0.5, 0.6) is 11.5 Å². The first-order valence-corrected chi connectivity index (χ1v) is 9.01. The fraction of sp³-hybridized carbons (Fsp3) is 0.0909. The van der Waals surface area contributed by atoms with Crippen LogP contribution in [0.1, 0.15) is 10.4 Å². The molecule has 0 aromatic heterocycles. The number of hydrogen-bond donors (Lipinski definition) is 2. The van der Waals surface area contributed by atoms with Crippen molar-refractivity contribution in [3.8, 4) is 22.6 Å². The summed E-state index contributed by atoms with van der Waals surface area (Å²) in [6.45, 7) is 0. The molecule has 5 nitrogen and oxygen atoms in total. The molecule has 6 heteroatoms. The van der Waals surface area contributed by atoms with E-state index in [4.69, 9.17) is 21.7 Å². The van der Waals surface area contributed by atoms with Crippen LogP contribution in [-0.2, 0) is 0 Å². The van der Waals surface area contributed by atoms with Gasteiger partial charge in [-0.05, 0) is 47.6 Å². The zero-order valence-electron chi connectivity index (χ0n) is 15.6. The molecule has 0 saturated carbocycles. The Morgan fingerprint density at radius 1 is 0.857 bits per heavy atom. The van der Waals surface area contributed by atoms with Crippen LogP contribution in [0, 0.1) is 0 Å². The van der Waals surface area contributed by atoms with Crippen LogP contribution in [0.3, 0.4) is 0 Å². The highest BCUT2D eigenvalue weighted by molar-refractivity contribution is 7.80. The van der Waals surface area contributed by atoms with Crippen molar-refractivity contribution in [1.82, 2.24) is 5.32 Å². The Balaban J connectivity index is 1.67. The van der Waals surface area contributed by atoms with Gasteiger partial charge < -0.3 is 14.8 Å². The number of carbonyl (C=O) groups is 1. The van der Waals surface area contributed by atoms with Gasteiger partial charge in [0.05, 0.1) is 19.9 Å². The zero-order chi connectivity index (χ0) is 19.9. The molecule has 0 spiro atoms. The second-order valence-corrected chi connectivity index (χ2v) is 6.33. The number of ether oxygens (including phenoxy) is 2. The summed E-state index contributed by atoms with van der Waals surface area (Å²) in [6, 6.07) is 22.6. The average Bonchev–Trinajstić information content (AvgIpc) is 2.74. The van der Waals surface area contributed by atoms with Crippen LogP contribution >= 0.6 is 12.2 Å². The highest BCUT2D eigenvalue weighted by Gasteiger charge is 2.11. The smallest absolute Gasteiger partial charge is 0.257 e. The summed E-state index contributed by atoms with van der Waals surface area (Å²) in [5.41, 5.74) is 3.25. The molecule has 0 radical (unpaired) electrons. The fourth-order valence-electron chi connectivity index (χ4n) is 2.69. The van der Waals surface area contributed by atoms with Crippen LogP contribution in [0.2, 0.25) is 0 Å². The molecule has 0 unspecified atom stereocenters. The Morgan fingerprint density at radius 3 is 2.18 bits per heavy atom. The number of benzene rings is 3. The quantitative estimate of drug-likeness (QED) is 0.626. The third-order valence-electron chi connectivity index (χ3n) is 4.14. The number of thiocarbonyl (C=S) groups is 1. The van der Waals surface area contributed by atoms with Gasteiger partial charge in [-0.1, -0.05) is 42.5 Å². The van der Waals surface area contributed by atoms with E-state index in [2.05, 4.69) is 10.6 Å². The van der Waals surface area contributed by atoms with Gasteiger partial charge in [-0.3, -0.25) is 10.1 Å². The molecule has 0 fully saturated rings. The van der Waals surface area contributed by atoms with E-state index in [9.17, 15) is 4.79 Å². The predicted molar refractivity (Wildman–Crippen MR) is 115 cm³/mol. The number of rotatable bonds is 5. The number of amides is 1. The summed E-state index contributed by atoms with van der Waals surface area (Å²) < 4.78 is 10.5. The summed E-state index contributed by atoms with van der Waals surface area (Å²) in [7, 11) is 3.13. The SMILES string of the molecule is COc1ccc(OC)c(NC(=S)NC(=O)c2ccc(-c3ccccc3)cc2)c1. The lowest BCUT2D eigenvalue weighted by atomic mass is 10.0. The first-order valence-electron chi connectivity index (χ1n) is 8.60. The predicted octanol–water partition coefficient (Wildman–Crippen LogP) is 4.50. The molecule has 0 heterocycles. The van der Waals surface area contributed by atoms with E-state index in [1.54, 1.807) is 44.6 Å². The molecule has 3 aromatic carbocycles. The molecular formula is C22H20N2O3S. The lowest BCUT2D eigenvalue weighted by Gasteiger charge is -2.14. The lowest BCUT2D eigenvalue weighted by Crippen LogP contribution is -2.34. The van der Waals surface area contributed by atoms with Crippen LogP contribution in [0.15, 0.2) is 72.8 Å². The minimum absolute atomic E-state index is 0.170. The van der Waals surface area contributed by atoms with E-state index in [1.165, 1.54) is 0 Å². The molecule has 2 N–H and O–H groups in total. The normalized spacial score (nSPS) is 10.1. The highest BCUT2D eigenvalue weighted by atomic mass is 32.1. The van der Waals surface area contributed by atoms with Crippen molar-refractivity contribution in [2.45, 2.75) is 0 Å². The number of carbonyl (C=O) groups excluding carboxylic acids is 1. The van der Waals surface area contributed by atoms with E-state index >= 15 is 0 Å². The van der Waals surface area contributed by atoms with Gasteiger partial charge >= 0.3 is 0 Å². The number of hydrogen-bond acceptors (Lipinski definition) is 4. The minimum atomic E-state index is -0.293. The third-order valence-corrected chi connectivity index (χ3v) is 4.34. The van der Waals surface area contributed by atoms with Crippen molar-refractivity contribution in [2.24, 2.45) is 0 Å². The molecule has 0 saturated heterocycles. The zero-order valence-corrected chi connectivity index (χ0v) is 16.4. The Hall–Kier alpha value is -3.38. The molecule has 28 heavy (non-hydrogen) atoms. The second-order valence-electron chi connectivity index (χ2n) is 5.92. The molecule has 3 aromatic rings. The summed E-state index contributed by atoms with van der Waals surface area (Å²) >= 11 is 5.26. The lowest BCUT2D eigenvalue weighted by molar-refractivity contribution is 0.0977. The van der Waals surface area contributed by atoms with E-state index in [0.29, 0.717) is 22.7 Å². The number of methoxy groups -OCH3 is 2. The first kappa shape index (κ1) is 19.4. The molecule has 142 valence electrons. The number of anilines is 1. The third kappa shape index (κ3) is 4.66. The topological polar surface area (TPSA) is 59.6 Å². The minimum Gasteiger partial charge on any atom is -0.497 e. The van der Waals surface area contributed by atoms with Crippen LogP contribution in [-0.4, -0.2) is 25.2 Å². The number of nitrogens with one attached hydrogen (secondary N) is 2. The van der Waals surface area contributed by atoms with Crippen molar-refractivity contribution in [3.05, 3.63) is 78.4 Å². The van der Waals surface area contributed by atoms with Gasteiger partial charge in [-0.2, -0.15) is 0 Å². The molecule has 3 rings (SSSR count). The average molecular weight is 392 g/mol. The van der Waals surface area contributed by atoms with E-state index in [-0.39, 0.29) is 11.0 Å².